The Hall–Kier alpha value is -2.76. The largest absolute Gasteiger partial charge is 0.493 e. The molecule has 0 radical (unpaired) electrons. The Kier molecular flexibility index (Phi) is 6.16. The maximum Gasteiger partial charge on any atom is 0.224 e. The van der Waals surface area contributed by atoms with E-state index >= 15 is 0 Å². The van der Waals surface area contributed by atoms with E-state index in [1.54, 1.807) is 20.4 Å². The van der Waals surface area contributed by atoms with Crippen LogP contribution in [0.2, 0.25) is 0 Å². The molecule has 1 aliphatic heterocycles. The van der Waals surface area contributed by atoms with Gasteiger partial charge in [0.2, 0.25) is 5.91 Å². The molecule has 0 spiro atoms. The van der Waals surface area contributed by atoms with Crippen molar-refractivity contribution in [1.29, 1.82) is 0 Å². The van der Waals surface area contributed by atoms with Gasteiger partial charge < -0.3 is 19.7 Å². The number of nitrogens with zero attached hydrogens (tertiary/aromatic N) is 2. The van der Waals surface area contributed by atoms with Gasteiger partial charge in [0.05, 0.1) is 26.1 Å². The molecule has 27 heavy (non-hydrogen) atoms. The molecular weight excluding hydrogens is 342 g/mol. The first kappa shape index (κ1) is 19.0. The SMILES string of the molecule is CCCCC(=O)Nc1ccc(N2CCc3cc(OC)c(OC)cc3C2)nc1. The average Bonchev–Trinajstić information content (AvgIpc) is 2.71. The molecule has 1 aromatic carbocycles. The number of ether oxygens (including phenoxy) is 2. The zero-order chi connectivity index (χ0) is 19.2. The molecule has 0 atom stereocenters. The summed E-state index contributed by atoms with van der Waals surface area (Å²) in [5.41, 5.74) is 3.24. The summed E-state index contributed by atoms with van der Waals surface area (Å²) in [5, 5.41) is 2.90. The van der Waals surface area contributed by atoms with E-state index in [0.29, 0.717) is 6.42 Å². The summed E-state index contributed by atoms with van der Waals surface area (Å²) in [7, 11) is 3.31. The zero-order valence-corrected chi connectivity index (χ0v) is 16.2. The first-order valence-corrected chi connectivity index (χ1v) is 9.39. The van der Waals surface area contributed by atoms with E-state index in [0.717, 1.165) is 55.4 Å². The molecule has 0 fully saturated rings. The normalized spacial score (nSPS) is 13.1. The number of pyridine rings is 1. The lowest BCUT2D eigenvalue weighted by Gasteiger charge is -2.30. The van der Waals surface area contributed by atoms with Gasteiger partial charge in [0, 0.05) is 19.5 Å². The molecule has 0 saturated carbocycles. The van der Waals surface area contributed by atoms with E-state index in [1.165, 1.54) is 11.1 Å². The Balaban J connectivity index is 1.69. The second kappa shape index (κ2) is 8.75. The lowest BCUT2D eigenvalue weighted by Crippen LogP contribution is -2.31. The van der Waals surface area contributed by atoms with Crippen molar-refractivity contribution in [3.8, 4) is 11.5 Å². The van der Waals surface area contributed by atoms with Gasteiger partial charge in [0.1, 0.15) is 5.82 Å². The smallest absolute Gasteiger partial charge is 0.224 e. The Bertz CT molecular complexity index is 790. The van der Waals surface area contributed by atoms with Crippen LogP contribution in [0.1, 0.15) is 37.3 Å². The predicted molar refractivity (Wildman–Crippen MR) is 107 cm³/mol. The summed E-state index contributed by atoms with van der Waals surface area (Å²) in [6.45, 7) is 3.73. The number of benzene rings is 1. The van der Waals surface area contributed by atoms with Crippen molar-refractivity contribution >= 4 is 17.4 Å². The number of hydrogen-bond acceptors (Lipinski definition) is 5. The van der Waals surface area contributed by atoms with Crippen LogP contribution in [0.5, 0.6) is 11.5 Å². The van der Waals surface area contributed by atoms with Crippen molar-refractivity contribution in [2.75, 3.05) is 31.0 Å². The number of unbranched alkanes of at least 4 members (excludes halogenated alkanes) is 1. The lowest BCUT2D eigenvalue weighted by molar-refractivity contribution is -0.116. The third-order valence-corrected chi connectivity index (χ3v) is 4.83. The molecule has 144 valence electrons. The number of anilines is 2. The molecule has 0 aliphatic carbocycles. The zero-order valence-electron chi connectivity index (χ0n) is 16.2. The van der Waals surface area contributed by atoms with Gasteiger partial charge in [-0.2, -0.15) is 0 Å². The van der Waals surface area contributed by atoms with Crippen molar-refractivity contribution in [3.05, 3.63) is 41.6 Å². The van der Waals surface area contributed by atoms with Crippen LogP contribution >= 0.6 is 0 Å². The molecule has 1 amide bonds. The number of carbonyl (C=O) groups excluding carboxylic acids is 1. The van der Waals surface area contributed by atoms with Crippen molar-refractivity contribution in [2.24, 2.45) is 0 Å². The van der Waals surface area contributed by atoms with Gasteiger partial charge in [-0.15, -0.1) is 0 Å². The number of carbonyl (C=O) groups is 1. The number of methoxy groups -OCH3 is 2. The Labute approximate surface area is 160 Å². The van der Waals surface area contributed by atoms with Crippen LogP contribution in [0, 0.1) is 0 Å². The van der Waals surface area contributed by atoms with Crippen molar-refractivity contribution < 1.29 is 14.3 Å². The predicted octanol–water partition coefficient (Wildman–Crippen LogP) is 3.79. The van der Waals surface area contributed by atoms with Crippen LogP contribution in [0.4, 0.5) is 11.5 Å². The molecule has 0 saturated heterocycles. The topological polar surface area (TPSA) is 63.7 Å². The van der Waals surface area contributed by atoms with Crippen LogP contribution in [0.25, 0.3) is 0 Å². The van der Waals surface area contributed by atoms with Gasteiger partial charge >= 0.3 is 0 Å². The quantitative estimate of drug-likeness (QED) is 0.804. The number of nitrogens with one attached hydrogen (secondary N) is 1. The van der Waals surface area contributed by atoms with Gasteiger partial charge in [-0.1, -0.05) is 13.3 Å². The average molecular weight is 369 g/mol. The standard InChI is InChI=1S/C21H27N3O3/c1-4-5-6-21(25)23-17-7-8-20(22-13-17)24-10-9-15-11-18(26-2)19(27-3)12-16(15)14-24/h7-8,11-13H,4-6,9-10,14H2,1-3H3,(H,23,25). The molecule has 0 bridgehead atoms. The van der Waals surface area contributed by atoms with Gasteiger partial charge in [-0.05, 0) is 48.2 Å². The fraction of sp³-hybridized carbons (Fsp3) is 0.429. The fourth-order valence-corrected chi connectivity index (χ4v) is 3.29. The van der Waals surface area contributed by atoms with Crippen LogP contribution in [-0.2, 0) is 17.8 Å². The monoisotopic (exact) mass is 369 g/mol. The maximum absolute atomic E-state index is 11.8. The van der Waals surface area contributed by atoms with E-state index in [4.69, 9.17) is 9.47 Å². The van der Waals surface area contributed by atoms with Crippen LogP contribution in [0.3, 0.4) is 0 Å². The number of rotatable bonds is 7. The van der Waals surface area contributed by atoms with Gasteiger partial charge in [0.25, 0.3) is 0 Å². The third kappa shape index (κ3) is 4.51. The molecule has 1 aromatic heterocycles. The molecule has 1 N–H and O–H groups in total. The summed E-state index contributed by atoms with van der Waals surface area (Å²) < 4.78 is 10.8. The second-order valence-electron chi connectivity index (χ2n) is 6.70. The highest BCUT2D eigenvalue weighted by molar-refractivity contribution is 5.90. The summed E-state index contributed by atoms with van der Waals surface area (Å²) in [6.07, 6.45) is 5.11. The van der Waals surface area contributed by atoms with Gasteiger partial charge in [-0.25, -0.2) is 4.98 Å². The van der Waals surface area contributed by atoms with E-state index in [1.807, 2.05) is 18.2 Å². The second-order valence-corrected chi connectivity index (χ2v) is 6.70. The number of hydrogen-bond donors (Lipinski definition) is 1. The third-order valence-electron chi connectivity index (χ3n) is 4.83. The first-order chi connectivity index (χ1) is 13.1. The maximum atomic E-state index is 11.8. The van der Waals surface area contributed by atoms with Crippen LogP contribution in [0.15, 0.2) is 30.5 Å². The number of aromatic nitrogens is 1. The van der Waals surface area contributed by atoms with Gasteiger partial charge in [0.15, 0.2) is 11.5 Å². The minimum atomic E-state index is 0.0411. The van der Waals surface area contributed by atoms with Crippen molar-refractivity contribution in [1.82, 2.24) is 4.98 Å². The van der Waals surface area contributed by atoms with E-state index in [-0.39, 0.29) is 5.91 Å². The minimum absolute atomic E-state index is 0.0411. The lowest BCUT2D eigenvalue weighted by atomic mass is 9.99. The van der Waals surface area contributed by atoms with Crippen molar-refractivity contribution in [2.45, 2.75) is 39.2 Å². The van der Waals surface area contributed by atoms with E-state index in [9.17, 15) is 4.79 Å². The van der Waals surface area contributed by atoms with Crippen LogP contribution in [-0.4, -0.2) is 31.7 Å². The molecule has 2 heterocycles. The highest BCUT2D eigenvalue weighted by atomic mass is 16.5. The highest BCUT2D eigenvalue weighted by Crippen LogP contribution is 2.34. The molecule has 6 nitrogen and oxygen atoms in total. The fourth-order valence-electron chi connectivity index (χ4n) is 3.29. The van der Waals surface area contributed by atoms with E-state index < -0.39 is 0 Å². The summed E-state index contributed by atoms with van der Waals surface area (Å²) in [6, 6.07) is 7.98. The first-order valence-electron chi connectivity index (χ1n) is 9.39. The molecular formula is C21H27N3O3. The summed E-state index contributed by atoms with van der Waals surface area (Å²) in [4.78, 5) is 18.6. The highest BCUT2D eigenvalue weighted by Gasteiger charge is 2.20. The minimum Gasteiger partial charge on any atom is -0.493 e. The van der Waals surface area contributed by atoms with E-state index in [2.05, 4.69) is 28.2 Å². The molecule has 0 unspecified atom stereocenters. The molecule has 1 aliphatic rings. The Morgan fingerprint density at radius 2 is 1.93 bits per heavy atom. The number of fused-ring (bicyclic) bond motifs is 1. The summed E-state index contributed by atoms with van der Waals surface area (Å²) in [5.74, 6) is 2.46. The number of amides is 1. The van der Waals surface area contributed by atoms with Crippen LogP contribution < -0.4 is 19.7 Å². The molecule has 2 aromatic rings. The molecule has 6 heteroatoms. The van der Waals surface area contributed by atoms with Crippen molar-refractivity contribution in [3.63, 3.8) is 0 Å². The Morgan fingerprint density at radius 3 is 2.56 bits per heavy atom. The molecule has 3 rings (SSSR count). The Morgan fingerprint density at radius 1 is 1.19 bits per heavy atom. The van der Waals surface area contributed by atoms with Gasteiger partial charge in [-0.3, -0.25) is 4.79 Å². The summed E-state index contributed by atoms with van der Waals surface area (Å²) >= 11 is 0.